The Hall–Kier alpha value is -1.99. The number of hydrogen-bond donors (Lipinski definition) is 1. The summed E-state index contributed by atoms with van der Waals surface area (Å²) in [7, 11) is 0. The number of nitrogens with zero attached hydrogens (tertiary/aromatic N) is 2. The highest BCUT2D eigenvalue weighted by Crippen LogP contribution is 2.41. The van der Waals surface area contributed by atoms with Crippen LogP contribution in [0.3, 0.4) is 0 Å². The van der Waals surface area contributed by atoms with Crippen LogP contribution in [0.25, 0.3) is 0 Å². The minimum atomic E-state index is -0.560. The van der Waals surface area contributed by atoms with E-state index in [9.17, 15) is 14.9 Å². The van der Waals surface area contributed by atoms with E-state index >= 15 is 0 Å². The molecule has 1 aromatic carbocycles. The quantitative estimate of drug-likeness (QED) is 0.668. The lowest BCUT2D eigenvalue weighted by Gasteiger charge is -2.05. The van der Waals surface area contributed by atoms with Crippen molar-refractivity contribution in [2.45, 2.75) is 25.3 Å². The summed E-state index contributed by atoms with van der Waals surface area (Å²) < 4.78 is 0. The Balaban J connectivity index is 1.68. The van der Waals surface area contributed by atoms with Crippen molar-refractivity contribution in [3.63, 3.8) is 0 Å². The number of nitro groups is 1. The molecule has 0 saturated heterocycles. The summed E-state index contributed by atoms with van der Waals surface area (Å²) in [6.07, 6.45) is 2.37. The average Bonchev–Trinajstić information content (AvgIpc) is 3.24. The molecule has 0 bridgehead atoms. The van der Waals surface area contributed by atoms with Crippen LogP contribution in [-0.2, 0) is 6.54 Å². The van der Waals surface area contributed by atoms with Crippen LogP contribution in [-0.4, -0.2) is 15.8 Å². The first-order valence-electron chi connectivity index (χ1n) is 6.71. The molecule has 8 heteroatoms. The highest BCUT2D eigenvalue weighted by molar-refractivity contribution is 7.09. The lowest BCUT2D eigenvalue weighted by atomic mass is 10.2. The first kappa shape index (κ1) is 14.9. The van der Waals surface area contributed by atoms with Gasteiger partial charge in [-0.15, -0.1) is 11.3 Å². The van der Waals surface area contributed by atoms with E-state index in [1.807, 2.05) is 5.38 Å². The SMILES string of the molecule is O=C(NCc1csc(C2CC2)n1)c1cc([N+](=O)[O-])ccc1Cl. The average molecular weight is 338 g/mol. The summed E-state index contributed by atoms with van der Waals surface area (Å²) in [6.45, 7) is 0.279. The molecule has 1 N–H and O–H groups in total. The molecule has 1 amide bonds. The minimum absolute atomic E-state index is 0.0912. The van der Waals surface area contributed by atoms with E-state index in [4.69, 9.17) is 11.6 Å². The van der Waals surface area contributed by atoms with Crippen molar-refractivity contribution in [3.8, 4) is 0 Å². The molecular weight excluding hydrogens is 326 g/mol. The van der Waals surface area contributed by atoms with Crippen LogP contribution in [0.4, 0.5) is 5.69 Å². The third-order valence-corrected chi connectivity index (χ3v) is 4.72. The van der Waals surface area contributed by atoms with Crippen LogP contribution in [0.5, 0.6) is 0 Å². The summed E-state index contributed by atoms with van der Waals surface area (Å²) >= 11 is 7.53. The van der Waals surface area contributed by atoms with Gasteiger partial charge in [0.05, 0.1) is 32.8 Å². The van der Waals surface area contributed by atoms with Crippen molar-refractivity contribution in [2.75, 3.05) is 0 Å². The molecule has 114 valence electrons. The summed E-state index contributed by atoms with van der Waals surface area (Å²) in [4.78, 5) is 26.8. The maximum atomic E-state index is 12.1. The molecule has 0 unspecified atom stereocenters. The fraction of sp³-hybridized carbons (Fsp3) is 0.286. The largest absolute Gasteiger partial charge is 0.346 e. The lowest BCUT2D eigenvalue weighted by molar-refractivity contribution is -0.384. The molecule has 1 aliphatic rings. The van der Waals surface area contributed by atoms with Gasteiger partial charge < -0.3 is 5.32 Å². The molecule has 0 spiro atoms. The predicted molar refractivity (Wildman–Crippen MR) is 83.4 cm³/mol. The second-order valence-corrected chi connectivity index (χ2v) is 6.35. The van der Waals surface area contributed by atoms with E-state index in [1.54, 1.807) is 11.3 Å². The Morgan fingerprint density at radius 3 is 2.95 bits per heavy atom. The smallest absolute Gasteiger partial charge is 0.270 e. The van der Waals surface area contributed by atoms with E-state index in [2.05, 4.69) is 10.3 Å². The normalized spacial score (nSPS) is 13.9. The summed E-state index contributed by atoms with van der Waals surface area (Å²) in [5.41, 5.74) is 0.717. The molecule has 1 saturated carbocycles. The third-order valence-electron chi connectivity index (χ3n) is 3.33. The van der Waals surface area contributed by atoms with Crippen LogP contribution in [0, 0.1) is 10.1 Å². The third kappa shape index (κ3) is 3.26. The maximum Gasteiger partial charge on any atom is 0.270 e. The van der Waals surface area contributed by atoms with Gasteiger partial charge in [0.25, 0.3) is 11.6 Å². The van der Waals surface area contributed by atoms with Crippen molar-refractivity contribution in [2.24, 2.45) is 0 Å². The van der Waals surface area contributed by atoms with E-state index < -0.39 is 10.8 Å². The predicted octanol–water partition coefficient (Wildman–Crippen LogP) is 3.51. The van der Waals surface area contributed by atoms with Gasteiger partial charge in [0, 0.05) is 23.4 Å². The number of nitro benzene ring substituents is 1. The minimum Gasteiger partial charge on any atom is -0.346 e. The number of nitrogens with one attached hydrogen (secondary N) is 1. The van der Waals surface area contributed by atoms with Crippen molar-refractivity contribution in [1.82, 2.24) is 10.3 Å². The number of rotatable bonds is 5. The maximum absolute atomic E-state index is 12.1. The molecule has 0 radical (unpaired) electrons. The topological polar surface area (TPSA) is 85.1 Å². The van der Waals surface area contributed by atoms with E-state index in [0.717, 1.165) is 10.7 Å². The molecule has 1 heterocycles. The van der Waals surface area contributed by atoms with E-state index in [0.29, 0.717) is 5.92 Å². The first-order valence-corrected chi connectivity index (χ1v) is 7.97. The Bertz CT molecular complexity index is 743. The fourth-order valence-electron chi connectivity index (χ4n) is 1.99. The Morgan fingerprint density at radius 2 is 2.27 bits per heavy atom. The molecular formula is C14H12ClN3O3S. The zero-order chi connectivity index (χ0) is 15.7. The highest BCUT2D eigenvalue weighted by atomic mass is 35.5. The number of carbonyl (C=O) groups is 1. The zero-order valence-corrected chi connectivity index (χ0v) is 13.0. The van der Waals surface area contributed by atoms with Crippen molar-refractivity contribution >= 4 is 34.5 Å². The molecule has 1 aliphatic carbocycles. The standard InChI is InChI=1S/C14H12ClN3O3S/c15-12-4-3-10(18(20)21)5-11(12)13(19)16-6-9-7-22-14(17-9)8-1-2-8/h3-5,7-8H,1-2,6H2,(H,16,19). The van der Waals surface area contributed by atoms with Crippen LogP contribution >= 0.6 is 22.9 Å². The Morgan fingerprint density at radius 1 is 1.50 bits per heavy atom. The highest BCUT2D eigenvalue weighted by Gasteiger charge is 2.26. The van der Waals surface area contributed by atoms with Gasteiger partial charge in [0.15, 0.2) is 0 Å². The van der Waals surface area contributed by atoms with Gasteiger partial charge in [-0.1, -0.05) is 11.6 Å². The van der Waals surface area contributed by atoms with Crippen LogP contribution in [0.1, 0.15) is 39.8 Å². The Kier molecular flexibility index (Phi) is 4.08. The number of amides is 1. The molecule has 1 aromatic heterocycles. The van der Waals surface area contributed by atoms with E-state index in [1.165, 1.54) is 31.0 Å². The molecule has 1 fully saturated rings. The van der Waals surface area contributed by atoms with Crippen molar-refractivity contribution in [3.05, 3.63) is 55.0 Å². The van der Waals surface area contributed by atoms with Gasteiger partial charge in [-0.25, -0.2) is 4.98 Å². The van der Waals surface area contributed by atoms with Crippen LogP contribution < -0.4 is 5.32 Å². The molecule has 0 aliphatic heterocycles. The second kappa shape index (κ2) is 6.02. The van der Waals surface area contributed by atoms with Gasteiger partial charge in [0.2, 0.25) is 0 Å². The Labute approximate surface area is 135 Å². The van der Waals surface area contributed by atoms with Gasteiger partial charge in [-0.05, 0) is 18.9 Å². The number of benzene rings is 1. The summed E-state index contributed by atoms with van der Waals surface area (Å²) in [6, 6.07) is 3.79. The van der Waals surface area contributed by atoms with Gasteiger partial charge in [0.1, 0.15) is 0 Å². The molecule has 22 heavy (non-hydrogen) atoms. The van der Waals surface area contributed by atoms with E-state index in [-0.39, 0.29) is 22.8 Å². The fourth-order valence-corrected chi connectivity index (χ4v) is 3.18. The number of non-ortho nitro benzene ring substituents is 1. The number of halogens is 1. The molecule has 0 atom stereocenters. The van der Waals surface area contributed by atoms with Crippen molar-refractivity contribution < 1.29 is 9.72 Å². The van der Waals surface area contributed by atoms with Crippen molar-refractivity contribution in [1.29, 1.82) is 0 Å². The molecule has 2 aromatic rings. The summed E-state index contributed by atoms with van der Waals surface area (Å²) in [5.74, 6) is 0.135. The molecule has 3 rings (SSSR count). The zero-order valence-electron chi connectivity index (χ0n) is 11.4. The second-order valence-electron chi connectivity index (χ2n) is 5.06. The van der Waals surface area contributed by atoms with Gasteiger partial charge in [-0.3, -0.25) is 14.9 Å². The summed E-state index contributed by atoms with van der Waals surface area (Å²) in [5, 5.41) is 16.7. The first-order chi connectivity index (χ1) is 10.5. The monoisotopic (exact) mass is 337 g/mol. The number of thiazole rings is 1. The van der Waals surface area contributed by atoms with Crippen LogP contribution in [0.15, 0.2) is 23.6 Å². The van der Waals surface area contributed by atoms with Gasteiger partial charge >= 0.3 is 0 Å². The number of hydrogen-bond acceptors (Lipinski definition) is 5. The van der Waals surface area contributed by atoms with Gasteiger partial charge in [-0.2, -0.15) is 0 Å². The van der Waals surface area contributed by atoms with Crippen LogP contribution in [0.2, 0.25) is 5.02 Å². The number of aromatic nitrogens is 1. The number of carbonyl (C=O) groups excluding carboxylic acids is 1. The molecule has 6 nitrogen and oxygen atoms in total. The lowest BCUT2D eigenvalue weighted by Crippen LogP contribution is -2.23.